The molecular weight excluding hydrogens is 801 g/mol. The Morgan fingerprint density at radius 3 is 2.30 bits per heavy atom. The van der Waals surface area contributed by atoms with Crippen LogP contribution in [-0.4, -0.2) is 45.2 Å². The smallest absolute Gasteiger partial charge is 0.416 e. The second-order valence-electron chi connectivity index (χ2n) is 18.9. The molecule has 3 N–H and O–H groups in total. The number of alkyl halides is 3. The molecule has 9 atom stereocenters. The number of aliphatic hydroxyl groups excluding tert-OH is 1. The maximum atomic E-state index is 15.2. The van der Waals surface area contributed by atoms with Gasteiger partial charge in [-0.25, -0.2) is 4.79 Å². The van der Waals surface area contributed by atoms with Crippen molar-refractivity contribution in [2.45, 2.75) is 96.2 Å². The Kier molecular flexibility index (Phi) is 10.1. The molecule has 2 spiro atoms. The number of nitrogens with one attached hydrogen (secondary N) is 1. The van der Waals surface area contributed by atoms with Crippen molar-refractivity contribution in [3.63, 3.8) is 0 Å². The number of allylic oxidation sites excluding steroid dienone is 4. The molecule has 1 heterocycles. The van der Waals surface area contributed by atoms with Crippen LogP contribution in [0.5, 0.6) is 0 Å². The number of nitrogens with zero attached hydrogens (tertiary/aromatic N) is 1. The first kappa shape index (κ1) is 41.7. The number of benzene rings is 3. The van der Waals surface area contributed by atoms with Gasteiger partial charge in [0.15, 0.2) is 5.76 Å². The number of amides is 2. The molecule has 4 aromatic rings. The highest BCUT2D eigenvalue weighted by Gasteiger charge is 2.74. The molecule has 3 fully saturated rings. The van der Waals surface area contributed by atoms with Crippen molar-refractivity contribution in [1.29, 1.82) is 0 Å². The van der Waals surface area contributed by atoms with Crippen molar-refractivity contribution in [3.8, 4) is 11.3 Å². The molecule has 10 rings (SSSR count). The number of urea groups is 1. The topological polar surface area (TPSA) is 103 Å². The van der Waals surface area contributed by atoms with Crippen LogP contribution in [0.15, 0.2) is 119 Å². The molecule has 3 aromatic carbocycles. The highest BCUT2D eigenvalue weighted by molar-refractivity contribution is 6.33. The Morgan fingerprint density at radius 1 is 0.902 bits per heavy atom. The van der Waals surface area contributed by atoms with E-state index >= 15 is 4.79 Å². The Labute approximate surface area is 359 Å². The predicted molar refractivity (Wildman–Crippen MR) is 227 cm³/mol. The summed E-state index contributed by atoms with van der Waals surface area (Å²) in [5.74, 6) is -0.565. The molecule has 0 radical (unpaired) electrons. The lowest BCUT2D eigenvalue weighted by Gasteiger charge is -2.71. The van der Waals surface area contributed by atoms with Gasteiger partial charge in [-0.3, -0.25) is 4.79 Å². The third-order valence-corrected chi connectivity index (χ3v) is 16.3. The minimum Gasteiger partial charge on any atom is -0.453 e. The van der Waals surface area contributed by atoms with Crippen molar-refractivity contribution in [2.24, 2.45) is 33.5 Å². The second kappa shape index (κ2) is 14.7. The van der Waals surface area contributed by atoms with Gasteiger partial charge < -0.3 is 24.8 Å². The number of Topliss-reactive ketones (excluding diaryl/α,β-unsaturated/α-hetero) is 1. The third kappa shape index (κ3) is 6.53. The lowest BCUT2D eigenvalue weighted by atomic mass is 9.32. The van der Waals surface area contributed by atoms with Crippen molar-refractivity contribution in [2.75, 3.05) is 6.54 Å². The molecular formula is C50H52ClF3N2O5. The number of ketones is 1. The lowest BCUT2D eigenvalue weighted by molar-refractivity contribution is -0.174. The summed E-state index contributed by atoms with van der Waals surface area (Å²) < 4.78 is 47.4. The van der Waals surface area contributed by atoms with Gasteiger partial charge in [-0.2, -0.15) is 13.2 Å². The Balaban J connectivity index is 1.09. The highest BCUT2D eigenvalue weighted by Crippen LogP contribution is 2.78. The number of hydrogen-bond donors (Lipinski definition) is 3. The van der Waals surface area contributed by atoms with E-state index in [2.05, 4.69) is 37.4 Å². The first-order chi connectivity index (χ1) is 28.9. The molecule has 6 aliphatic carbocycles. The van der Waals surface area contributed by atoms with E-state index in [4.69, 9.17) is 16.0 Å². The summed E-state index contributed by atoms with van der Waals surface area (Å²) in [4.78, 5) is 31.3. The van der Waals surface area contributed by atoms with Gasteiger partial charge >= 0.3 is 12.2 Å². The number of hydrogen-bond acceptors (Lipinski definition) is 5. The van der Waals surface area contributed by atoms with Crippen LogP contribution in [0.1, 0.15) is 99.0 Å². The second-order valence-corrected chi connectivity index (χ2v) is 19.3. The summed E-state index contributed by atoms with van der Waals surface area (Å²) in [6, 6.07) is 24.9. The first-order valence-electron chi connectivity index (χ1n) is 21.4. The van der Waals surface area contributed by atoms with Crippen LogP contribution in [0, 0.1) is 33.5 Å². The van der Waals surface area contributed by atoms with Crippen molar-refractivity contribution in [1.82, 2.24) is 10.2 Å². The van der Waals surface area contributed by atoms with Crippen LogP contribution in [0.2, 0.25) is 5.02 Å². The SMILES string of the molecule is CC(NC(=O)N(Cc1ccccc1)CC1(O)CCC2C34C=CC5(C=C3C(=O)c3ccc(-c6cc(C(F)(F)F)ccc6Cl)o3)CC(O)CCC5(C)C4CCC21C)c1ccccc1. The molecule has 7 nitrogen and oxygen atoms in total. The Morgan fingerprint density at radius 2 is 1.57 bits per heavy atom. The fourth-order valence-corrected chi connectivity index (χ4v) is 12.9. The van der Waals surface area contributed by atoms with Crippen LogP contribution >= 0.6 is 11.6 Å². The minimum absolute atomic E-state index is 0.00957. The quantitative estimate of drug-likeness (QED) is 0.115. The van der Waals surface area contributed by atoms with E-state index < -0.39 is 39.7 Å². The van der Waals surface area contributed by atoms with Gasteiger partial charge in [0.25, 0.3) is 0 Å². The maximum Gasteiger partial charge on any atom is 0.416 e. The summed E-state index contributed by atoms with van der Waals surface area (Å²) in [5.41, 5.74) is -2.21. The third-order valence-electron chi connectivity index (χ3n) is 15.9. The Bertz CT molecular complexity index is 2420. The molecule has 3 saturated carbocycles. The Hall–Kier alpha value is -4.64. The zero-order valence-electron chi connectivity index (χ0n) is 34.6. The standard InChI is InChI=1S/C50H52ClF3N2O5/c1-31(33-12-8-5-9-13-33)55-44(59)56(29-32-10-6-4-7-11-32)30-48(60)23-20-42-46(48,3)22-19-41-45(2)21-18-35(57)27-47(45)24-25-49(41,42)37(28-47)43(58)40-17-16-39(61-40)36-26-34(50(52,53)54)14-15-38(36)51/h4-17,24-26,28,31,35,41-42,57,60H,18-23,27,29-30H2,1-3H3,(H,55,59). The number of halogens is 4. The molecule has 0 aliphatic heterocycles. The van der Waals surface area contributed by atoms with E-state index in [0.29, 0.717) is 44.1 Å². The summed E-state index contributed by atoms with van der Waals surface area (Å²) in [6.07, 6.45) is 5.57. The van der Waals surface area contributed by atoms with Gasteiger partial charge in [0.2, 0.25) is 5.78 Å². The minimum atomic E-state index is -4.60. The lowest BCUT2D eigenvalue weighted by Crippen LogP contribution is -2.67. The first-order valence-corrected chi connectivity index (χ1v) is 21.8. The van der Waals surface area contributed by atoms with Gasteiger partial charge in [0, 0.05) is 33.9 Å². The van der Waals surface area contributed by atoms with Gasteiger partial charge in [-0.1, -0.05) is 104 Å². The van der Waals surface area contributed by atoms with Gasteiger partial charge in [0.05, 0.1) is 34.9 Å². The van der Waals surface area contributed by atoms with Gasteiger partial charge in [-0.15, -0.1) is 0 Å². The molecule has 9 unspecified atom stereocenters. The van der Waals surface area contributed by atoms with Crippen LogP contribution in [-0.2, 0) is 12.7 Å². The summed E-state index contributed by atoms with van der Waals surface area (Å²) in [5, 5.41) is 27.6. The van der Waals surface area contributed by atoms with Gasteiger partial charge in [0.1, 0.15) is 5.76 Å². The van der Waals surface area contributed by atoms with Crippen molar-refractivity contribution >= 4 is 23.4 Å². The molecule has 2 bridgehead atoms. The number of carbonyl (C=O) groups excluding carboxylic acids is 2. The van der Waals surface area contributed by atoms with Crippen LogP contribution in [0.25, 0.3) is 11.3 Å². The van der Waals surface area contributed by atoms with Crippen LogP contribution < -0.4 is 5.32 Å². The number of aliphatic hydroxyl groups is 2. The maximum absolute atomic E-state index is 15.2. The van der Waals surface area contributed by atoms with Gasteiger partial charge in [-0.05, 0) is 111 Å². The van der Waals surface area contributed by atoms with Crippen LogP contribution in [0.4, 0.5) is 18.0 Å². The molecule has 6 aliphatic rings. The zero-order valence-corrected chi connectivity index (χ0v) is 35.4. The van der Waals surface area contributed by atoms with Crippen LogP contribution in [0.3, 0.4) is 0 Å². The van der Waals surface area contributed by atoms with E-state index in [9.17, 15) is 28.2 Å². The molecule has 61 heavy (non-hydrogen) atoms. The van der Waals surface area contributed by atoms with Crippen molar-refractivity contribution in [3.05, 3.63) is 142 Å². The number of furan rings is 1. The van der Waals surface area contributed by atoms with E-state index in [0.717, 1.165) is 29.7 Å². The molecule has 0 saturated heterocycles. The van der Waals surface area contributed by atoms with E-state index in [1.807, 2.05) is 67.6 Å². The highest BCUT2D eigenvalue weighted by atomic mass is 35.5. The number of rotatable bonds is 9. The summed E-state index contributed by atoms with van der Waals surface area (Å²) in [6.45, 7) is 6.73. The van der Waals surface area contributed by atoms with E-state index in [1.165, 1.54) is 18.2 Å². The van der Waals surface area contributed by atoms with E-state index in [1.54, 1.807) is 4.90 Å². The average Bonchev–Trinajstić information content (AvgIpc) is 3.83. The largest absolute Gasteiger partial charge is 0.453 e. The average molecular weight is 853 g/mol. The zero-order chi connectivity index (χ0) is 43.2. The van der Waals surface area contributed by atoms with Crippen molar-refractivity contribution < 1.29 is 37.4 Å². The molecule has 11 heteroatoms. The summed E-state index contributed by atoms with van der Waals surface area (Å²) >= 11 is 6.41. The molecule has 1 aromatic heterocycles. The predicted octanol–water partition coefficient (Wildman–Crippen LogP) is 11.4. The number of carbonyl (C=O) groups is 2. The fourth-order valence-electron chi connectivity index (χ4n) is 12.6. The van der Waals surface area contributed by atoms with E-state index in [-0.39, 0.29) is 70.3 Å². The number of fused-ring (bicyclic) bond motifs is 1. The normalized spacial score (nSPS) is 32.9. The molecule has 2 amide bonds. The summed E-state index contributed by atoms with van der Waals surface area (Å²) in [7, 11) is 0. The molecule has 320 valence electrons. The fraction of sp³-hybridized carbons (Fsp3) is 0.440. The monoisotopic (exact) mass is 852 g/mol.